The average Bonchev–Trinajstić information content (AvgIpc) is 2.46. The molecule has 0 amide bonds. The van der Waals surface area contributed by atoms with Crippen molar-refractivity contribution in [2.24, 2.45) is 0 Å². The highest BCUT2D eigenvalue weighted by atomic mass is 32.2. The molecule has 0 heterocycles. The van der Waals surface area contributed by atoms with Crippen LogP contribution in [0.2, 0.25) is 0 Å². The Labute approximate surface area is 117 Å². The van der Waals surface area contributed by atoms with Crippen LogP contribution < -0.4 is 9.47 Å². The highest BCUT2D eigenvalue weighted by Crippen LogP contribution is 2.33. The largest absolute Gasteiger partial charge is 0.507 e. The van der Waals surface area contributed by atoms with Crippen molar-refractivity contribution in [3.05, 3.63) is 48.0 Å². The number of thioether (sulfide) groups is 1. The molecule has 4 heteroatoms. The third-order valence-electron chi connectivity index (χ3n) is 2.71. The molecule has 1 N–H and O–H groups in total. The first-order chi connectivity index (χ1) is 9.24. The molecule has 0 aromatic heterocycles. The lowest BCUT2D eigenvalue weighted by Crippen LogP contribution is -1.91. The van der Waals surface area contributed by atoms with Crippen molar-refractivity contribution >= 4 is 11.8 Å². The van der Waals surface area contributed by atoms with Crippen LogP contribution in [0, 0.1) is 0 Å². The van der Waals surface area contributed by atoms with Crippen molar-refractivity contribution in [1.82, 2.24) is 0 Å². The second kappa shape index (κ2) is 6.38. The Morgan fingerprint density at radius 3 is 2.42 bits per heavy atom. The van der Waals surface area contributed by atoms with E-state index in [1.54, 1.807) is 32.0 Å². The highest BCUT2D eigenvalue weighted by Gasteiger charge is 2.06. The average molecular weight is 276 g/mol. The first-order valence-corrected chi connectivity index (χ1v) is 6.85. The zero-order valence-electron chi connectivity index (χ0n) is 10.9. The number of hydrogen-bond donors (Lipinski definition) is 1. The predicted octanol–water partition coefficient (Wildman–Crippen LogP) is 3.70. The van der Waals surface area contributed by atoms with Gasteiger partial charge in [-0.3, -0.25) is 0 Å². The van der Waals surface area contributed by atoms with Gasteiger partial charge in [-0.1, -0.05) is 18.2 Å². The molecule has 0 saturated heterocycles. The van der Waals surface area contributed by atoms with Crippen LogP contribution in [0.25, 0.3) is 0 Å². The normalized spacial score (nSPS) is 10.2. The minimum atomic E-state index is 0.313. The Morgan fingerprint density at radius 1 is 1.00 bits per heavy atom. The number of methoxy groups -OCH3 is 2. The number of para-hydroxylation sites is 1. The van der Waals surface area contributed by atoms with Gasteiger partial charge in [-0.15, -0.1) is 11.8 Å². The summed E-state index contributed by atoms with van der Waals surface area (Å²) in [5.74, 6) is 2.52. The molecule has 0 radical (unpaired) electrons. The molecule has 2 aromatic carbocycles. The molecular weight excluding hydrogens is 260 g/mol. The van der Waals surface area contributed by atoms with E-state index in [-0.39, 0.29) is 0 Å². The third kappa shape index (κ3) is 3.35. The van der Waals surface area contributed by atoms with E-state index < -0.39 is 0 Å². The summed E-state index contributed by atoms with van der Waals surface area (Å²) < 4.78 is 10.5. The molecule has 3 nitrogen and oxygen atoms in total. The molecule has 0 fully saturated rings. The summed E-state index contributed by atoms with van der Waals surface area (Å²) in [6, 6.07) is 13.2. The van der Waals surface area contributed by atoms with Crippen molar-refractivity contribution in [2.75, 3.05) is 14.2 Å². The van der Waals surface area contributed by atoms with Crippen LogP contribution in [0.1, 0.15) is 5.56 Å². The standard InChI is InChI=1S/C15H16O3S/c1-17-13-8-7-11(9-14(13)18-2)10-19-15-6-4-3-5-12(15)16/h3-9,16H,10H2,1-2H3. The monoisotopic (exact) mass is 276 g/mol. The van der Waals surface area contributed by atoms with E-state index in [0.29, 0.717) is 5.75 Å². The fraction of sp³-hybridized carbons (Fsp3) is 0.200. The molecule has 0 bridgehead atoms. The molecular formula is C15H16O3S. The predicted molar refractivity (Wildman–Crippen MR) is 77.2 cm³/mol. The minimum Gasteiger partial charge on any atom is -0.507 e. The molecule has 0 saturated carbocycles. The molecule has 0 aliphatic heterocycles. The van der Waals surface area contributed by atoms with Gasteiger partial charge in [0.05, 0.1) is 14.2 Å². The zero-order valence-corrected chi connectivity index (χ0v) is 11.7. The van der Waals surface area contributed by atoms with Gasteiger partial charge >= 0.3 is 0 Å². The van der Waals surface area contributed by atoms with Crippen LogP contribution in [0.4, 0.5) is 0 Å². The number of hydrogen-bond acceptors (Lipinski definition) is 4. The van der Waals surface area contributed by atoms with Crippen LogP contribution in [0.15, 0.2) is 47.4 Å². The molecule has 100 valence electrons. The maximum absolute atomic E-state index is 9.71. The fourth-order valence-corrected chi connectivity index (χ4v) is 2.60. The Hall–Kier alpha value is -1.81. The lowest BCUT2D eigenvalue weighted by molar-refractivity contribution is 0.354. The van der Waals surface area contributed by atoms with Crippen molar-refractivity contribution in [1.29, 1.82) is 0 Å². The molecule has 0 aliphatic rings. The zero-order chi connectivity index (χ0) is 13.7. The summed E-state index contributed by atoms with van der Waals surface area (Å²) in [5, 5.41) is 9.71. The van der Waals surface area contributed by atoms with Crippen LogP contribution in [-0.4, -0.2) is 19.3 Å². The summed E-state index contributed by atoms with van der Waals surface area (Å²) in [4.78, 5) is 0.872. The van der Waals surface area contributed by atoms with Gasteiger partial charge in [0.1, 0.15) is 5.75 Å². The molecule has 0 spiro atoms. The second-order valence-corrected chi connectivity index (χ2v) is 4.96. The summed E-state index contributed by atoms with van der Waals surface area (Å²) in [5.41, 5.74) is 1.12. The van der Waals surface area contributed by atoms with Gasteiger partial charge < -0.3 is 14.6 Å². The van der Waals surface area contributed by atoms with Gasteiger partial charge in [0, 0.05) is 10.6 Å². The highest BCUT2D eigenvalue weighted by molar-refractivity contribution is 7.98. The minimum absolute atomic E-state index is 0.313. The van der Waals surface area contributed by atoms with Crippen molar-refractivity contribution in [2.45, 2.75) is 10.6 Å². The van der Waals surface area contributed by atoms with Gasteiger partial charge in [0.15, 0.2) is 11.5 Å². The Kier molecular flexibility index (Phi) is 4.58. The van der Waals surface area contributed by atoms with Crippen LogP contribution in [-0.2, 0) is 5.75 Å². The molecule has 2 rings (SSSR count). The van der Waals surface area contributed by atoms with E-state index in [0.717, 1.165) is 27.7 Å². The summed E-state index contributed by atoms with van der Waals surface area (Å²) in [7, 11) is 3.24. The summed E-state index contributed by atoms with van der Waals surface area (Å²) >= 11 is 1.59. The Bertz CT molecular complexity index is 555. The molecule has 2 aromatic rings. The maximum atomic E-state index is 9.71. The fourth-order valence-electron chi connectivity index (χ4n) is 1.71. The number of aromatic hydroxyl groups is 1. The van der Waals surface area contributed by atoms with Gasteiger partial charge in [-0.2, -0.15) is 0 Å². The number of phenolic OH excluding ortho intramolecular Hbond substituents is 1. The van der Waals surface area contributed by atoms with Crippen LogP contribution in [0.5, 0.6) is 17.2 Å². The first-order valence-electron chi connectivity index (χ1n) is 5.86. The lowest BCUT2D eigenvalue weighted by Gasteiger charge is -2.09. The number of benzene rings is 2. The van der Waals surface area contributed by atoms with Crippen molar-refractivity contribution < 1.29 is 14.6 Å². The second-order valence-electron chi connectivity index (χ2n) is 3.95. The van der Waals surface area contributed by atoms with Crippen molar-refractivity contribution in [3.8, 4) is 17.2 Å². The van der Waals surface area contributed by atoms with E-state index in [1.165, 1.54) is 0 Å². The number of ether oxygens (including phenoxy) is 2. The maximum Gasteiger partial charge on any atom is 0.161 e. The van der Waals surface area contributed by atoms with E-state index in [1.807, 2.05) is 36.4 Å². The molecule has 0 atom stereocenters. The van der Waals surface area contributed by atoms with Gasteiger partial charge in [-0.05, 0) is 29.8 Å². The number of rotatable bonds is 5. The Balaban J connectivity index is 2.10. The van der Waals surface area contributed by atoms with Gasteiger partial charge in [0.2, 0.25) is 0 Å². The van der Waals surface area contributed by atoms with E-state index in [4.69, 9.17) is 9.47 Å². The Morgan fingerprint density at radius 2 is 1.74 bits per heavy atom. The van der Waals surface area contributed by atoms with E-state index in [9.17, 15) is 5.11 Å². The van der Waals surface area contributed by atoms with Crippen LogP contribution >= 0.6 is 11.8 Å². The van der Waals surface area contributed by atoms with Crippen LogP contribution in [0.3, 0.4) is 0 Å². The first kappa shape index (κ1) is 13.6. The quantitative estimate of drug-likeness (QED) is 0.845. The lowest BCUT2D eigenvalue weighted by atomic mass is 10.2. The van der Waals surface area contributed by atoms with E-state index in [2.05, 4.69) is 0 Å². The molecule has 0 aliphatic carbocycles. The SMILES string of the molecule is COc1ccc(CSc2ccccc2O)cc1OC. The molecule has 0 unspecified atom stereocenters. The topological polar surface area (TPSA) is 38.7 Å². The third-order valence-corrected chi connectivity index (χ3v) is 3.84. The van der Waals surface area contributed by atoms with Gasteiger partial charge in [0.25, 0.3) is 0 Å². The van der Waals surface area contributed by atoms with Gasteiger partial charge in [-0.25, -0.2) is 0 Å². The summed E-state index contributed by atoms with van der Waals surface area (Å²) in [6.07, 6.45) is 0. The molecule has 19 heavy (non-hydrogen) atoms. The van der Waals surface area contributed by atoms with Crippen molar-refractivity contribution in [3.63, 3.8) is 0 Å². The summed E-state index contributed by atoms with van der Waals surface area (Å²) in [6.45, 7) is 0. The van der Waals surface area contributed by atoms with E-state index >= 15 is 0 Å². The smallest absolute Gasteiger partial charge is 0.161 e. The number of phenols is 1.